The van der Waals surface area contributed by atoms with Crippen LogP contribution in [0.1, 0.15) is 40.5 Å². The molecule has 108 valence electrons. The van der Waals surface area contributed by atoms with Crippen molar-refractivity contribution in [2.24, 2.45) is 11.8 Å². The van der Waals surface area contributed by atoms with E-state index in [1.54, 1.807) is 6.92 Å². The van der Waals surface area contributed by atoms with Crippen molar-refractivity contribution in [1.82, 2.24) is 10.6 Å². The van der Waals surface area contributed by atoms with Crippen LogP contribution in [0.25, 0.3) is 0 Å². The molecule has 0 aromatic heterocycles. The molecular weight excluding hydrogens is 248 g/mol. The molecule has 1 aliphatic carbocycles. The highest BCUT2D eigenvalue weighted by Gasteiger charge is 2.42. The number of hydrogen-bond acceptors (Lipinski definition) is 3. The van der Waals surface area contributed by atoms with Crippen molar-refractivity contribution in [3.8, 4) is 0 Å². The highest BCUT2D eigenvalue weighted by atomic mass is 16.4. The van der Waals surface area contributed by atoms with Crippen LogP contribution in [0.3, 0.4) is 0 Å². The molecule has 0 heterocycles. The van der Waals surface area contributed by atoms with Crippen LogP contribution in [0.4, 0.5) is 0 Å². The SMILES string of the molecule is CC(NC(=O)C1CCC1C(=O)O)C(=O)NC(C)(C)C. The molecule has 1 fully saturated rings. The molecule has 0 aromatic carbocycles. The lowest BCUT2D eigenvalue weighted by molar-refractivity contribution is -0.153. The molecule has 3 unspecified atom stereocenters. The number of nitrogens with one attached hydrogen (secondary N) is 2. The van der Waals surface area contributed by atoms with Gasteiger partial charge in [-0.15, -0.1) is 0 Å². The van der Waals surface area contributed by atoms with Crippen molar-refractivity contribution >= 4 is 17.8 Å². The zero-order valence-corrected chi connectivity index (χ0v) is 11.8. The number of amides is 2. The van der Waals surface area contributed by atoms with Crippen LogP contribution in [0, 0.1) is 11.8 Å². The highest BCUT2D eigenvalue weighted by Crippen LogP contribution is 2.34. The molecule has 0 aromatic rings. The van der Waals surface area contributed by atoms with Gasteiger partial charge in [0.2, 0.25) is 11.8 Å². The quantitative estimate of drug-likeness (QED) is 0.694. The molecular formula is C13H22N2O4. The molecule has 3 N–H and O–H groups in total. The summed E-state index contributed by atoms with van der Waals surface area (Å²) in [5.74, 6) is -2.69. The smallest absolute Gasteiger partial charge is 0.307 e. The summed E-state index contributed by atoms with van der Waals surface area (Å²) in [6, 6.07) is -0.665. The first-order valence-electron chi connectivity index (χ1n) is 6.47. The third-order valence-electron chi connectivity index (χ3n) is 3.18. The molecule has 0 radical (unpaired) electrons. The number of aliphatic carboxylic acids is 1. The minimum Gasteiger partial charge on any atom is -0.481 e. The molecule has 6 heteroatoms. The topological polar surface area (TPSA) is 95.5 Å². The number of carbonyl (C=O) groups is 3. The number of carboxylic acids is 1. The fourth-order valence-electron chi connectivity index (χ4n) is 1.97. The summed E-state index contributed by atoms with van der Waals surface area (Å²) in [5, 5.41) is 14.2. The van der Waals surface area contributed by atoms with Crippen LogP contribution in [0.2, 0.25) is 0 Å². The molecule has 3 atom stereocenters. The van der Waals surface area contributed by atoms with Crippen molar-refractivity contribution in [2.75, 3.05) is 0 Å². The molecule has 0 spiro atoms. The van der Waals surface area contributed by atoms with Crippen molar-refractivity contribution in [3.05, 3.63) is 0 Å². The Labute approximate surface area is 112 Å². The predicted molar refractivity (Wildman–Crippen MR) is 69.4 cm³/mol. The molecule has 19 heavy (non-hydrogen) atoms. The second-order valence-electron chi connectivity index (χ2n) is 6.10. The maximum absolute atomic E-state index is 11.9. The van der Waals surface area contributed by atoms with E-state index < -0.39 is 23.8 Å². The maximum Gasteiger partial charge on any atom is 0.307 e. The first-order chi connectivity index (χ1) is 8.61. The Bertz CT molecular complexity index is 387. The van der Waals surface area contributed by atoms with Gasteiger partial charge in [-0.1, -0.05) is 0 Å². The lowest BCUT2D eigenvalue weighted by Crippen LogP contribution is -2.53. The average molecular weight is 270 g/mol. The maximum atomic E-state index is 11.9. The summed E-state index contributed by atoms with van der Waals surface area (Å²) < 4.78 is 0. The van der Waals surface area contributed by atoms with Crippen LogP contribution in [-0.2, 0) is 14.4 Å². The summed E-state index contributed by atoms with van der Waals surface area (Å²) in [6.07, 6.45) is 1.09. The summed E-state index contributed by atoms with van der Waals surface area (Å²) in [4.78, 5) is 34.5. The Balaban J connectivity index is 2.48. The number of hydrogen-bond donors (Lipinski definition) is 3. The van der Waals surface area contributed by atoms with Gasteiger partial charge in [-0.2, -0.15) is 0 Å². The van der Waals surface area contributed by atoms with Crippen LogP contribution in [0.5, 0.6) is 0 Å². The van der Waals surface area contributed by atoms with E-state index in [1.807, 2.05) is 20.8 Å². The lowest BCUT2D eigenvalue weighted by atomic mass is 9.73. The van der Waals surface area contributed by atoms with Gasteiger partial charge in [-0.25, -0.2) is 0 Å². The first-order valence-corrected chi connectivity index (χ1v) is 6.47. The molecule has 0 aliphatic heterocycles. The van der Waals surface area contributed by atoms with Gasteiger partial charge in [0.15, 0.2) is 0 Å². The van der Waals surface area contributed by atoms with Crippen LogP contribution < -0.4 is 10.6 Å². The van der Waals surface area contributed by atoms with Gasteiger partial charge in [0.05, 0.1) is 11.8 Å². The molecule has 6 nitrogen and oxygen atoms in total. The summed E-state index contributed by atoms with van der Waals surface area (Å²) >= 11 is 0. The van der Waals surface area contributed by atoms with Gasteiger partial charge in [-0.05, 0) is 40.5 Å². The zero-order chi connectivity index (χ0) is 14.8. The van der Waals surface area contributed by atoms with Gasteiger partial charge in [0, 0.05) is 5.54 Å². The van der Waals surface area contributed by atoms with E-state index >= 15 is 0 Å². The van der Waals surface area contributed by atoms with Crippen molar-refractivity contribution in [2.45, 2.75) is 52.1 Å². The molecule has 1 rings (SSSR count). The normalized spacial score (nSPS) is 24.0. The molecule has 0 saturated heterocycles. The van der Waals surface area contributed by atoms with E-state index in [0.29, 0.717) is 12.8 Å². The summed E-state index contributed by atoms with van der Waals surface area (Å²) in [6.45, 7) is 7.15. The van der Waals surface area contributed by atoms with E-state index in [9.17, 15) is 14.4 Å². The van der Waals surface area contributed by atoms with Gasteiger partial charge >= 0.3 is 5.97 Å². The molecule has 2 amide bonds. The average Bonchev–Trinajstić information content (AvgIpc) is 2.11. The second-order valence-corrected chi connectivity index (χ2v) is 6.10. The molecule has 1 aliphatic rings. The molecule has 0 bridgehead atoms. The number of carboxylic acid groups (broad SMARTS) is 1. The van der Waals surface area contributed by atoms with E-state index in [0.717, 1.165) is 0 Å². The Hall–Kier alpha value is -1.59. The van der Waals surface area contributed by atoms with Gasteiger partial charge in [-0.3, -0.25) is 14.4 Å². The third kappa shape index (κ3) is 4.22. The standard InChI is InChI=1S/C13H22N2O4/c1-7(10(16)15-13(2,3)4)14-11(17)8-5-6-9(8)12(18)19/h7-9H,5-6H2,1-4H3,(H,14,17)(H,15,16)(H,18,19). The van der Waals surface area contributed by atoms with Crippen LogP contribution >= 0.6 is 0 Å². The van der Waals surface area contributed by atoms with Crippen molar-refractivity contribution in [3.63, 3.8) is 0 Å². The summed E-state index contributed by atoms with van der Waals surface area (Å²) in [5.41, 5.74) is -0.365. The second kappa shape index (κ2) is 5.59. The van der Waals surface area contributed by atoms with Crippen molar-refractivity contribution < 1.29 is 19.5 Å². The Kier molecular flexibility index (Phi) is 4.55. The van der Waals surface area contributed by atoms with Gasteiger partial charge < -0.3 is 15.7 Å². The Morgan fingerprint density at radius 3 is 2.05 bits per heavy atom. The van der Waals surface area contributed by atoms with Gasteiger partial charge in [0.25, 0.3) is 0 Å². The van der Waals surface area contributed by atoms with Gasteiger partial charge in [0.1, 0.15) is 6.04 Å². The number of rotatable bonds is 4. The zero-order valence-electron chi connectivity index (χ0n) is 11.8. The van der Waals surface area contributed by atoms with Crippen LogP contribution in [0.15, 0.2) is 0 Å². The van der Waals surface area contributed by atoms with E-state index in [4.69, 9.17) is 5.11 Å². The van der Waals surface area contributed by atoms with E-state index in [-0.39, 0.29) is 17.4 Å². The lowest BCUT2D eigenvalue weighted by Gasteiger charge is -2.33. The predicted octanol–water partition coefficient (Wildman–Crippen LogP) is 0.517. The molecule has 1 saturated carbocycles. The largest absolute Gasteiger partial charge is 0.481 e. The monoisotopic (exact) mass is 270 g/mol. The third-order valence-corrected chi connectivity index (χ3v) is 3.18. The highest BCUT2D eigenvalue weighted by molar-refractivity contribution is 5.91. The van der Waals surface area contributed by atoms with E-state index in [2.05, 4.69) is 10.6 Å². The summed E-state index contributed by atoms with van der Waals surface area (Å²) in [7, 11) is 0. The Morgan fingerprint density at radius 1 is 1.16 bits per heavy atom. The minimum absolute atomic E-state index is 0.271. The minimum atomic E-state index is -0.946. The fraction of sp³-hybridized carbons (Fsp3) is 0.769. The number of carbonyl (C=O) groups excluding carboxylic acids is 2. The fourth-order valence-corrected chi connectivity index (χ4v) is 1.97. The van der Waals surface area contributed by atoms with Crippen molar-refractivity contribution in [1.29, 1.82) is 0 Å². The Morgan fingerprint density at radius 2 is 1.68 bits per heavy atom. The van der Waals surface area contributed by atoms with Crippen LogP contribution in [-0.4, -0.2) is 34.5 Å². The first kappa shape index (κ1) is 15.5. The van der Waals surface area contributed by atoms with E-state index in [1.165, 1.54) is 0 Å².